The molecule has 0 aromatic carbocycles. The molecule has 1 unspecified atom stereocenters. The van der Waals surface area contributed by atoms with Crippen LogP contribution in [0.1, 0.15) is 52.9 Å². The van der Waals surface area contributed by atoms with E-state index in [-0.39, 0.29) is 5.54 Å². The average Bonchev–Trinajstić information content (AvgIpc) is 2.87. The van der Waals surface area contributed by atoms with Crippen LogP contribution >= 0.6 is 0 Å². The Bertz CT molecular complexity index is 248. The van der Waals surface area contributed by atoms with E-state index in [9.17, 15) is 0 Å². The predicted octanol–water partition coefficient (Wildman–Crippen LogP) is 2.66. The molecule has 0 amide bonds. The molecule has 19 heavy (non-hydrogen) atoms. The van der Waals surface area contributed by atoms with Crippen molar-refractivity contribution < 1.29 is 4.74 Å². The standard InChI is InChI=1S/C16H32N2O/c1-16(2,3)17-13-14-6-9-18(10-7-14)11-8-15-5-4-12-19-15/h14-15,17H,4-13H2,1-3H3. The molecule has 1 atom stereocenters. The van der Waals surface area contributed by atoms with E-state index in [2.05, 4.69) is 31.0 Å². The summed E-state index contributed by atoms with van der Waals surface area (Å²) in [5.41, 5.74) is 0.261. The molecule has 3 heteroatoms. The molecule has 2 aliphatic rings. The van der Waals surface area contributed by atoms with Crippen molar-refractivity contribution in [2.75, 3.05) is 32.8 Å². The Labute approximate surface area is 119 Å². The highest BCUT2D eigenvalue weighted by atomic mass is 16.5. The number of piperidine rings is 1. The van der Waals surface area contributed by atoms with Crippen LogP contribution in [-0.2, 0) is 4.74 Å². The molecular weight excluding hydrogens is 236 g/mol. The van der Waals surface area contributed by atoms with Gasteiger partial charge in [-0.1, -0.05) is 0 Å². The van der Waals surface area contributed by atoms with Crippen LogP contribution in [0.2, 0.25) is 0 Å². The highest BCUT2D eigenvalue weighted by Crippen LogP contribution is 2.20. The zero-order valence-electron chi connectivity index (χ0n) is 13.1. The smallest absolute Gasteiger partial charge is 0.0588 e. The number of nitrogens with one attached hydrogen (secondary N) is 1. The summed E-state index contributed by atoms with van der Waals surface area (Å²) in [5.74, 6) is 0.873. The number of nitrogens with zero attached hydrogens (tertiary/aromatic N) is 1. The Morgan fingerprint density at radius 1 is 1.16 bits per heavy atom. The molecule has 0 saturated carbocycles. The van der Waals surface area contributed by atoms with Gasteiger partial charge in [0.15, 0.2) is 0 Å². The molecule has 0 bridgehead atoms. The first-order chi connectivity index (χ1) is 9.03. The van der Waals surface area contributed by atoms with Crippen molar-refractivity contribution >= 4 is 0 Å². The summed E-state index contributed by atoms with van der Waals surface area (Å²) in [7, 11) is 0. The molecule has 0 aliphatic carbocycles. The molecule has 0 aromatic heterocycles. The Morgan fingerprint density at radius 3 is 2.47 bits per heavy atom. The summed E-state index contributed by atoms with van der Waals surface area (Å²) in [6.07, 6.45) is 7.06. The van der Waals surface area contributed by atoms with Gasteiger partial charge in [-0.3, -0.25) is 0 Å². The number of ether oxygens (including phenoxy) is 1. The van der Waals surface area contributed by atoms with Crippen molar-refractivity contribution in [1.29, 1.82) is 0 Å². The predicted molar refractivity (Wildman–Crippen MR) is 80.5 cm³/mol. The second-order valence-electron chi connectivity index (χ2n) is 7.34. The van der Waals surface area contributed by atoms with Crippen LogP contribution in [0.4, 0.5) is 0 Å². The lowest BCUT2D eigenvalue weighted by Crippen LogP contribution is -2.43. The first kappa shape index (κ1) is 15.3. The first-order valence-corrected chi connectivity index (χ1v) is 8.12. The van der Waals surface area contributed by atoms with Gasteiger partial charge in [0.25, 0.3) is 0 Å². The van der Waals surface area contributed by atoms with Crippen LogP contribution in [0.3, 0.4) is 0 Å². The number of hydrogen-bond donors (Lipinski definition) is 1. The van der Waals surface area contributed by atoms with Crippen LogP contribution in [0.25, 0.3) is 0 Å². The molecule has 2 heterocycles. The first-order valence-electron chi connectivity index (χ1n) is 8.12. The lowest BCUT2D eigenvalue weighted by Gasteiger charge is -2.34. The third kappa shape index (κ3) is 5.80. The summed E-state index contributed by atoms with van der Waals surface area (Å²) in [6, 6.07) is 0. The molecule has 2 fully saturated rings. The van der Waals surface area contributed by atoms with E-state index in [1.165, 1.54) is 58.3 Å². The van der Waals surface area contributed by atoms with Gasteiger partial charge >= 0.3 is 0 Å². The van der Waals surface area contributed by atoms with Crippen molar-refractivity contribution in [3.63, 3.8) is 0 Å². The molecule has 1 N–H and O–H groups in total. The van der Waals surface area contributed by atoms with Crippen molar-refractivity contribution in [3.8, 4) is 0 Å². The maximum atomic E-state index is 5.70. The van der Waals surface area contributed by atoms with E-state index in [0.717, 1.165) is 12.5 Å². The van der Waals surface area contributed by atoms with Gasteiger partial charge in [-0.2, -0.15) is 0 Å². The third-order valence-electron chi connectivity index (χ3n) is 4.42. The van der Waals surface area contributed by atoms with Crippen molar-refractivity contribution in [2.45, 2.75) is 64.5 Å². The van der Waals surface area contributed by atoms with E-state index in [1.807, 2.05) is 0 Å². The number of rotatable bonds is 5. The molecule has 2 rings (SSSR count). The van der Waals surface area contributed by atoms with Gasteiger partial charge in [-0.25, -0.2) is 0 Å². The van der Waals surface area contributed by atoms with Crippen LogP contribution in [0, 0.1) is 5.92 Å². The van der Waals surface area contributed by atoms with Crippen LogP contribution in [0.5, 0.6) is 0 Å². The molecule has 2 saturated heterocycles. The normalized spacial score (nSPS) is 27.0. The van der Waals surface area contributed by atoms with Gasteiger partial charge in [-0.15, -0.1) is 0 Å². The fraction of sp³-hybridized carbons (Fsp3) is 1.00. The molecule has 0 aromatic rings. The van der Waals surface area contributed by atoms with Crippen molar-refractivity contribution in [2.24, 2.45) is 5.92 Å². The zero-order chi connectivity index (χ0) is 13.7. The summed E-state index contributed by atoms with van der Waals surface area (Å²) >= 11 is 0. The van der Waals surface area contributed by atoms with Gasteiger partial charge in [0, 0.05) is 18.7 Å². The SMILES string of the molecule is CC(C)(C)NCC1CCN(CCC2CCCO2)CC1. The van der Waals surface area contributed by atoms with Crippen LogP contribution < -0.4 is 5.32 Å². The van der Waals surface area contributed by atoms with Crippen molar-refractivity contribution in [3.05, 3.63) is 0 Å². The summed E-state index contributed by atoms with van der Waals surface area (Å²) < 4.78 is 5.70. The highest BCUT2D eigenvalue weighted by Gasteiger charge is 2.22. The van der Waals surface area contributed by atoms with Crippen molar-refractivity contribution in [1.82, 2.24) is 10.2 Å². The fourth-order valence-electron chi connectivity index (χ4n) is 3.06. The maximum absolute atomic E-state index is 5.70. The van der Waals surface area contributed by atoms with E-state index < -0.39 is 0 Å². The summed E-state index contributed by atoms with van der Waals surface area (Å²) in [4.78, 5) is 2.63. The minimum Gasteiger partial charge on any atom is -0.378 e. The summed E-state index contributed by atoms with van der Waals surface area (Å²) in [6.45, 7) is 12.7. The molecule has 0 radical (unpaired) electrons. The molecule has 3 nitrogen and oxygen atoms in total. The van der Waals surface area contributed by atoms with Gasteiger partial charge in [0.2, 0.25) is 0 Å². The second-order valence-corrected chi connectivity index (χ2v) is 7.34. The average molecular weight is 268 g/mol. The highest BCUT2D eigenvalue weighted by molar-refractivity contribution is 4.78. The van der Waals surface area contributed by atoms with E-state index >= 15 is 0 Å². The van der Waals surface area contributed by atoms with Gasteiger partial charge in [0.05, 0.1) is 6.10 Å². The Morgan fingerprint density at radius 2 is 1.89 bits per heavy atom. The fourth-order valence-corrected chi connectivity index (χ4v) is 3.06. The van der Waals surface area contributed by atoms with Crippen LogP contribution in [-0.4, -0.2) is 49.3 Å². The van der Waals surface area contributed by atoms with Crippen LogP contribution in [0.15, 0.2) is 0 Å². The van der Waals surface area contributed by atoms with E-state index in [4.69, 9.17) is 4.74 Å². The quantitative estimate of drug-likeness (QED) is 0.829. The number of likely N-dealkylation sites (tertiary alicyclic amines) is 1. The van der Waals surface area contributed by atoms with Gasteiger partial charge in [0.1, 0.15) is 0 Å². The largest absolute Gasteiger partial charge is 0.378 e. The topological polar surface area (TPSA) is 24.5 Å². The zero-order valence-corrected chi connectivity index (χ0v) is 13.1. The minimum absolute atomic E-state index is 0.261. The second kappa shape index (κ2) is 7.05. The Balaban J connectivity index is 1.57. The third-order valence-corrected chi connectivity index (χ3v) is 4.42. The molecular formula is C16H32N2O. The Hall–Kier alpha value is -0.120. The maximum Gasteiger partial charge on any atom is 0.0588 e. The van der Waals surface area contributed by atoms with E-state index in [0.29, 0.717) is 6.10 Å². The monoisotopic (exact) mass is 268 g/mol. The van der Waals surface area contributed by atoms with E-state index in [1.54, 1.807) is 0 Å². The lowest BCUT2D eigenvalue weighted by atomic mass is 9.95. The molecule has 2 aliphatic heterocycles. The minimum atomic E-state index is 0.261. The molecule has 112 valence electrons. The molecule has 0 spiro atoms. The van der Waals surface area contributed by atoms with Gasteiger partial charge in [-0.05, 0) is 78.4 Å². The van der Waals surface area contributed by atoms with Gasteiger partial charge < -0.3 is 15.0 Å². The number of hydrogen-bond acceptors (Lipinski definition) is 3. The Kier molecular flexibility index (Phi) is 5.67. The summed E-state index contributed by atoms with van der Waals surface area (Å²) in [5, 5.41) is 3.64. The lowest BCUT2D eigenvalue weighted by molar-refractivity contribution is 0.0846.